The third-order valence-corrected chi connectivity index (χ3v) is 6.03. The highest BCUT2D eigenvalue weighted by molar-refractivity contribution is 7.86. The minimum Gasteiger partial charge on any atom is -0.423 e. The van der Waals surface area contributed by atoms with E-state index >= 15 is 0 Å². The third kappa shape index (κ3) is 4.50. The van der Waals surface area contributed by atoms with E-state index in [-0.39, 0.29) is 17.8 Å². The van der Waals surface area contributed by atoms with Crippen LogP contribution in [-0.4, -0.2) is 44.6 Å². The van der Waals surface area contributed by atoms with Gasteiger partial charge in [-0.05, 0) is 43.7 Å². The van der Waals surface area contributed by atoms with E-state index in [4.69, 9.17) is 9.25 Å². The Morgan fingerprint density at radius 2 is 2.08 bits per heavy atom. The van der Waals surface area contributed by atoms with Gasteiger partial charge in [-0.15, -0.1) is 0 Å². The number of nitrogens with zero attached hydrogens (tertiary/aromatic N) is 2. The minimum atomic E-state index is -3.60. The second-order valence-electron chi connectivity index (χ2n) is 6.44. The summed E-state index contributed by atoms with van der Waals surface area (Å²) in [6.07, 6.45) is 3.51. The largest absolute Gasteiger partial charge is 0.423 e. The fourth-order valence-electron chi connectivity index (χ4n) is 3.06. The molecule has 0 amide bonds. The summed E-state index contributed by atoms with van der Waals surface area (Å²) >= 11 is 0. The highest BCUT2D eigenvalue weighted by atomic mass is 32.2. The molecule has 1 aromatic carbocycles. The fraction of sp³-hybridized carbons (Fsp3) is 0.562. The van der Waals surface area contributed by atoms with Gasteiger partial charge in [-0.1, -0.05) is 4.47 Å². The molecule has 0 radical (unpaired) electrons. The van der Waals surface area contributed by atoms with Gasteiger partial charge in [0, 0.05) is 25.7 Å². The molecule has 144 valence electrons. The van der Waals surface area contributed by atoms with Gasteiger partial charge >= 0.3 is 10.2 Å². The molecule has 0 unspecified atom stereocenters. The van der Waals surface area contributed by atoms with Crippen LogP contribution in [0, 0.1) is 11.7 Å². The summed E-state index contributed by atoms with van der Waals surface area (Å²) < 4.78 is 45.8. The second kappa shape index (κ2) is 7.87. The molecule has 0 saturated heterocycles. The van der Waals surface area contributed by atoms with Crippen molar-refractivity contribution < 1.29 is 22.1 Å². The number of hydrogen-bond donors (Lipinski definition) is 2. The second-order valence-corrected chi connectivity index (χ2v) is 8.19. The van der Waals surface area contributed by atoms with Gasteiger partial charge in [-0.25, -0.2) is 9.11 Å². The Hall–Kier alpha value is -1.75. The molecule has 1 aliphatic carbocycles. The fourth-order valence-corrected chi connectivity index (χ4v) is 3.88. The quantitative estimate of drug-likeness (QED) is 0.709. The molecule has 0 bridgehead atoms. The molecule has 2 aromatic rings. The predicted octanol–water partition coefficient (Wildman–Crippen LogP) is 2.27. The number of rotatable bonds is 7. The smallest absolute Gasteiger partial charge is 0.301 e. The van der Waals surface area contributed by atoms with E-state index in [1.807, 2.05) is 0 Å². The standard InChI is InChI=1S/C16H23FN4O4S/c1-21(24-2)26(22,23)18-10-11-3-6-13(7-4-11)19-16-20-14-8-5-12(17)9-15(14)25-16/h5,8-9,11,13,18H,3-4,6-7,10H2,1-2H3,(H,19,20). The Morgan fingerprint density at radius 3 is 2.77 bits per heavy atom. The SMILES string of the molecule is CON(C)S(=O)(=O)NCC1CCC(Nc2nc3ccc(F)cc3o2)CC1. The minimum absolute atomic E-state index is 0.197. The Morgan fingerprint density at radius 1 is 1.35 bits per heavy atom. The summed E-state index contributed by atoms with van der Waals surface area (Å²) in [5.41, 5.74) is 1.03. The van der Waals surface area contributed by atoms with Gasteiger partial charge in [0.1, 0.15) is 11.3 Å². The lowest BCUT2D eigenvalue weighted by molar-refractivity contribution is -0.0272. The molecule has 2 N–H and O–H groups in total. The van der Waals surface area contributed by atoms with Crippen LogP contribution in [0.4, 0.5) is 10.4 Å². The van der Waals surface area contributed by atoms with Gasteiger partial charge in [-0.2, -0.15) is 13.4 Å². The number of anilines is 1. The number of hydrogen-bond acceptors (Lipinski definition) is 6. The molecule has 0 aliphatic heterocycles. The Kier molecular flexibility index (Phi) is 5.76. The number of oxazole rings is 1. The van der Waals surface area contributed by atoms with E-state index in [1.165, 1.54) is 26.3 Å². The molecule has 26 heavy (non-hydrogen) atoms. The first kappa shape index (κ1) is 19.0. The molecule has 1 heterocycles. The van der Waals surface area contributed by atoms with Crippen LogP contribution in [0.3, 0.4) is 0 Å². The number of halogens is 1. The maximum absolute atomic E-state index is 13.2. The first-order valence-electron chi connectivity index (χ1n) is 8.47. The number of aromatic nitrogens is 1. The molecular weight excluding hydrogens is 363 g/mol. The molecule has 1 saturated carbocycles. The zero-order valence-corrected chi connectivity index (χ0v) is 15.6. The van der Waals surface area contributed by atoms with E-state index in [0.717, 1.165) is 30.2 Å². The summed E-state index contributed by atoms with van der Waals surface area (Å²) in [7, 11) is -0.956. The first-order chi connectivity index (χ1) is 12.4. The van der Waals surface area contributed by atoms with Crippen molar-refractivity contribution in [1.29, 1.82) is 0 Å². The molecule has 8 nitrogen and oxygen atoms in total. The summed E-state index contributed by atoms with van der Waals surface area (Å²) in [6, 6.07) is 4.83. The van der Waals surface area contributed by atoms with Crippen LogP contribution in [-0.2, 0) is 15.0 Å². The van der Waals surface area contributed by atoms with Crippen molar-refractivity contribution >= 4 is 27.3 Å². The summed E-state index contributed by atoms with van der Waals surface area (Å²) in [4.78, 5) is 9.01. The van der Waals surface area contributed by atoms with Crippen molar-refractivity contribution in [3.8, 4) is 0 Å². The zero-order valence-electron chi connectivity index (χ0n) is 14.7. The van der Waals surface area contributed by atoms with Crippen molar-refractivity contribution in [2.24, 2.45) is 5.92 Å². The normalized spacial score (nSPS) is 21.4. The van der Waals surface area contributed by atoms with Crippen LogP contribution in [0.5, 0.6) is 0 Å². The van der Waals surface area contributed by atoms with Crippen molar-refractivity contribution in [3.63, 3.8) is 0 Å². The summed E-state index contributed by atoms with van der Waals surface area (Å²) in [5.74, 6) is -0.0897. The Bertz CT molecular complexity index is 849. The van der Waals surface area contributed by atoms with Crippen LogP contribution in [0.1, 0.15) is 25.7 Å². The average Bonchev–Trinajstić information content (AvgIpc) is 3.01. The van der Waals surface area contributed by atoms with Gasteiger partial charge in [-0.3, -0.25) is 4.84 Å². The predicted molar refractivity (Wildman–Crippen MR) is 95.0 cm³/mol. The van der Waals surface area contributed by atoms with E-state index < -0.39 is 10.2 Å². The topological polar surface area (TPSA) is 96.7 Å². The van der Waals surface area contributed by atoms with Crippen LogP contribution < -0.4 is 10.0 Å². The number of benzene rings is 1. The maximum atomic E-state index is 13.2. The van der Waals surface area contributed by atoms with Gasteiger partial charge in [0.2, 0.25) is 0 Å². The monoisotopic (exact) mass is 386 g/mol. The van der Waals surface area contributed by atoms with Gasteiger partial charge in [0.25, 0.3) is 6.01 Å². The van der Waals surface area contributed by atoms with Crippen LogP contribution in [0.15, 0.2) is 22.6 Å². The van der Waals surface area contributed by atoms with Gasteiger partial charge < -0.3 is 9.73 Å². The number of fused-ring (bicyclic) bond motifs is 1. The maximum Gasteiger partial charge on any atom is 0.301 e. The Balaban J connectivity index is 1.49. The van der Waals surface area contributed by atoms with Crippen LogP contribution in [0.25, 0.3) is 11.1 Å². The lowest BCUT2D eigenvalue weighted by atomic mass is 9.86. The van der Waals surface area contributed by atoms with E-state index in [1.54, 1.807) is 6.07 Å². The number of hydroxylamine groups is 1. The van der Waals surface area contributed by atoms with Gasteiger partial charge in [0.15, 0.2) is 5.58 Å². The third-order valence-electron chi connectivity index (χ3n) is 4.67. The zero-order chi connectivity index (χ0) is 18.7. The van der Waals surface area contributed by atoms with Crippen molar-refractivity contribution in [2.75, 3.05) is 26.0 Å². The molecule has 1 aliphatic rings. The van der Waals surface area contributed by atoms with E-state index in [0.29, 0.717) is 23.7 Å². The lowest BCUT2D eigenvalue weighted by Gasteiger charge is -2.29. The van der Waals surface area contributed by atoms with Crippen molar-refractivity contribution in [1.82, 2.24) is 14.2 Å². The Labute approximate surface area is 151 Å². The molecular formula is C16H23FN4O4S. The van der Waals surface area contributed by atoms with Crippen LogP contribution in [0.2, 0.25) is 0 Å². The van der Waals surface area contributed by atoms with E-state index in [2.05, 4.69) is 15.0 Å². The molecule has 3 rings (SSSR count). The molecule has 1 aromatic heterocycles. The molecule has 10 heteroatoms. The van der Waals surface area contributed by atoms with E-state index in [9.17, 15) is 12.8 Å². The highest BCUT2D eigenvalue weighted by Gasteiger charge is 2.25. The van der Waals surface area contributed by atoms with Crippen LogP contribution >= 0.6 is 0 Å². The first-order valence-corrected chi connectivity index (χ1v) is 9.91. The highest BCUT2D eigenvalue weighted by Crippen LogP contribution is 2.27. The van der Waals surface area contributed by atoms with Crippen molar-refractivity contribution in [3.05, 3.63) is 24.0 Å². The van der Waals surface area contributed by atoms with Crippen molar-refractivity contribution in [2.45, 2.75) is 31.7 Å². The lowest BCUT2D eigenvalue weighted by Crippen LogP contribution is -2.41. The molecule has 0 spiro atoms. The summed E-state index contributed by atoms with van der Waals surface area (Å²) in [6.45, 7) is 0.380. The molecule has 0 atom stereocenters. The molecule has 1 fully saturated rings. The van der Waals surface area contributed by atoms with Gasteiger partial charge in [0.05, 0.1) is 7.11 Å². The average molecular weight is 386 g/mol. The number of nitrogens with one attached hydrogen (secondary N) is 2. The summed E-state index contributed by atoms with van der Waals surface area (Å²) in [5, 5.41) is 3.24.